The molecule has 2 fully saturated rings. The third-order valence-electron chi connectivity index (χ3n) is 4.71. The van der Waals surface area contributed by atoms with Crippen LogP contribution in [0.5, 0.6) is 0 Å². The van der Waals surface area contributed by atoms with Crippen LogP contribution in [0.15, 0.2) is 0 Å². The largest absolute Gasteiger partial charge is 0.468 e. The second kappa shape index (κ2) is 7.11. The summed E-state index contributed by atoms with van der Waals surface area (Å²) in [5.41, 5.74) is 0. The zero-order valence-electron chi connectivity index (χ0n) is 13.7. The summed E-state index contributed by atoms with van der Waals surface area (Å²) in [6.45, 7) is 4.17. The first-order chi connectivity index (χ1) is 10.4. The third kappa shape index (κ3) is 3.59. The third-order valence-corrected chi connectivity index (χ3v) is 4.71. The topological polar surface area (TPSA) is 66.9 Å². The average molecular weight is 310 g/mol. The lowest BCUT2D eigenvalue weighted by Crippen LogP contribution is -2.45. The SMILES string of the molecule is COC(=O)CN(C(=O)C1CC(=O)N(C2CCCC2)C1)C(C)C. The molecule has 1 saturated carbocycles. The van der Waals surface area contributed by atoms with Gasteiger partial charge in [0.05, 0.1) is 13.0 Å². The van der Waals surface area contributed by atoms with E-state index in [1.54, 1.807) is 0 Å². The van der Waals surface area contributed by atoms with Crippen LogP contribution in [0.3, 0.4) is 0 Å². The number of carbonyl (C=O) groups excluding carboxylic acids is 3. The highest BCUT2D eigenvalue weighted by atomic mass is 16.5. The van der Waals surface area contributed by atoms with Crippen molar-refractivity contribution in [1.29, 1.82) is 0 Å². The van der Waals surface area contributed by atoms with Gasteiger partial charge < -0.3 is 14.5 Å². The van der Waals surface area contributed by atoms with Gasteiger partial charge in [-0.2, -0.15) is 0 Å². The van der Waals surface area contributed by atoms with E-state index in [1.807, 2.05) is 18.7 Å². The molecule has 22 heavy (non-hydrogen) atoms. The average Bonchev–Trinajstić information content (AvgIpc) is 3.12. The Kier molecular flexibility index (Phi) is 5.42. The molecule has 1 aliphatic carbocycles. The first-order valence-electron chi connectivity index (χ1n) is 8.10. The molecular weight excluding hydrogens is 284 g/mol. The maximum Gasteiger partial charge on any atom is 0.325 e. The van der Waals surface area contributed by atoms with Gasteiger partial charge in [-0.05, 0) is 26.7 Å². The Hall–Kier alpha value is -1.59. The van der Waals surface area contributed by atoms with Crippen molar-refractivity contribution in [1.82, 2.24) is 9.80 Å². The standard InChI is InChI=1S/C16H26N2O4/c1-11(2)17(10-15(20)22-3)16(21)12-8-14(19)18(9-12)13-6-4-5-7-13/h11-13H,4-10H2,1-3H3. The zero-order chi connectivity index (χ0) is 16.3. The molecule has 1 unspecified atom stereocenters. The Balaban J connectivity index is 2.01. The molecule has 0 spiro atoms. The van der Waals surface area contributed by atoms with E-state index in [0.29, 0.717) is 12.6 Å². The Morgan fingerprint density at radius 3 is 2.50 bits per heavy atom. The summed E-state index contributed by atoms with van der Waals surface area (Å²) in [5, 5.41) is 0. The van der Waals surface area contributed by atoms with Gasteiger partial charge in [-0.25, -0.2) is 0 Å². The van der Waals surface area contributed by atoms with Gasteiger partial charge in [-0.1, -0.05) is 12.8 Å². The number of carbonyl (C=O) groups is 3. The van der Waals surface area contributed by atoms with Gasteiger partial charge in [0, 0.05) is 25.0 Å². The van der Waals surface area contributed by atoms with E-state index in [0.717, 1.165) is 25.7 Å². The molecule has 0 bridgehead atoms. The molecule has 124 valence electrons. The molecule has 6 nitrogen and oxygen atoms in total. The molecule has 2 amide bonds. The van der Waals surface area contributed by atoms with E-state index < -0.39 is 5.97 Å². The minimum Gasteiger partial charge on any atom is -0.468 e. The molecule has 1 heterocycles. The Labute approximate surface area is 131 Å². The van der Waals surface area contributed by atoms with Crippen LogP contribution in [0.1, 0.15) is 46.0 Å². The van der Waals surface area contributed by atoms with Crippen molar-refractivity contribution in [2.45, 2.75) is 58.0 Å². The van der Waals surface area contributed by atoms with Crippen LogP contribution in [0, 0.1) is 5.92 Å². The minimum absolute atomic E-state index is 0.0544. The number of rotatable bonds is 5. The van der Waals surface area contributed by atoms with Gasteiger partial charge in [0.1, 0.15) is 6.54 Å². The van der Waals surface area contributed by atoms with E-state index in [2.05, 4.69) is 4.74 Å². The number of esters is 1. The molecule has 0 aromatic carbocycles. The van der Waals surface area contributed by atoms with Crippen molar-refractivity contribution < 1.29 is 19.1 Å². The van der Waals surface area contributed by atoms with Gasteiger partial charge in [-0.3, -0.25) is 14.4 Å². The highest BCUT2D eigenvalue weighted by molar-refractivity contribution is 5.91. The molecule has 1 saturated heterocycles. The van der Waals surface area contributed by atoms with Gasteiger partial charge in [0.15, 0.2) is 0 Å². The van der Waals surface area contributed by atoms with Crippen LogP contribution >= 0.6 is 0 Å². The van der Waals surface area contributed by atoms with Crippen LogP contribution in [0.2, 0.25) is 0 Å². The maximum atomic E-state index is 12.7. The van der Waals surface area contributed by atoms with Crippen LogP contribution in [0.4, 0.5) is 0 Å². The van der Waals surface area contributed by atoms with Gasteiger partial charge in [0.2, 0.25) is 11.8 Å². The smallest absolute Gasteiger partial charge is 0.325 e. The van der Waals surface area contributed by atoms with Gasteiger partial charge in [-0.15, -0.1) is 0 Å². The Morgan fingerprint density at radius 1 is 1.32 bits per heavy atom. The maximum absolute atomic E-state index is 12.7. The van der Waals surface area contributed by atoms with E-state index >= 15 is 0 Å². The number of hydrogen-bond donors (Lipinski definition) is 0. The lowest BCUT2D eigenvalue weighted by Gasteiger charge is -2.29. The molecule has 6 heteroatoms. The van der Waals surface area contributed by atoms with Crippen molar-refractivity contribution in [3.63, 3.8) is 0 Å². The van der Waals surface area contributed by atoms with E-state index in [-0.39, 0.29) is 36.7 Å². The highest BCUT2D eigenvalue weighted by Crippen LogP contribution is 2.30. The summed E-state index contributed by atoms with van der Waals surface area (Å²) in [7, 11) is 1.31. The molecule has 0 aromatic rings. The minimum atomic E-state index is -0.431. The summed E-state index contributed by atoms with van der Waals surface area (Å²) < 4.78 is 4.66. The van der Waals surface area contributed by atoms with Crippen molar-refractivity contribution in [3.05, 3.63) is 0 Å². The van der Waals surface area contributed by atoms with E-state index in [4.69, 9.17) is 0 Å². The zero-order valence-corrected chi connectivity index (χ0v) is 13.7. The molecule has 2 rings (SSSR count). The highest BCUT2D eigenvalue weighted by Gasteiger charge is 2.40. The molecule has 1 atom stereocenters. The van der Waals surface area contributed by atoms with Crippen molar-refractivity contribution in [3.8, 4) is 0 Å². The number of methoxy groups -OCH3 is 1. The van der Waals surface area contributed by atoms with E-state index in [9.17, 15) is 14.4 Å². The molecule has 0 N–H and O–H groups in total. The lowest BCUT2D eigenvalue weighted by molar-refractivity contribution is -0.149. The van der Waals surface area contributed by atoms with Crippen molar-refractivity contribution in [2.75, 3.05) is 20.2 Å². The van der Waals surface area contributed by atoms with Crippen LogP contribution in [0.25, 0.3) is 0 Å². The summed E-state index contributed by atoms with van der Waals surface area (Å²) in [6.07, 6.45) is 4.67. The quantitative estimate of drug-likeness (QED) is 0.715. The summed E-state index contributed by atoms with van der Waals surface area (Å²) in [6, 6.07) is 0.209. The second-order valence-electron chi connectivity index (χ2n) is 6.52. The van der Waals surface area contributed by atoms with Crippen LogP contribution < -0.4 is 0 Å². The fourth-order valence-electron chi connectivity index (χ4n) is 3.42. The fourth-order valence-corrected chi connectivity index (χ4v) is 3.42. The predicted molar refractivity (Wildman–Crippen MR) is 80.9 cm³/mol. The number of amides is 2. The molecule has 2 aliphatic rings. The first kappa shape index (κ1) is 16.8. The second-order valence-corrected chi connectivity index (χ2v) is 6.52. The molecule has 1 aliphatic heterocycles. The predicted octanol–water partition coefficient (Wildman–Crippen LogP) is 1.19. The molecular formula is C16H26N2O4. The van der Waals surface area contributed by atoms with Gasteiger partial charge in [0.25, 0.3) is 0 Å². The van der Waals surface area contributed by atoms with E-state index in [1.165, 1.54) is 12.0 Å². The van der Waals surface area contributed by atoms with Crippen LogP contribution in [-0.4, -0.2) is 59.9 Å². The summed E-state index contributed by atoms with van der Waals surface area (Å²) in [4.78, 5) is 39.8. The lowest BCUT2D eigenvalue weighted by atomic mass is 10.1. The molecule has 0 radical (unpaired) electrons. The number of nitrogens with zero attached hydrogens (tertiary/aromatic N) is 2. The Bertz CT molecular complexity index is 443. The first-order valence-corrected chi connectivity index (χ1v) is 8.10. The normalized spacial score (nSPS) is 22.5. The monoisotopic (exact) mass is 310 g/mol. The number of likely N-dealkylation sites (tertiary alicyclic amines) is 1. The number of ether oxygens (including phenoxy) is 1. The number of hydrogen-bond acceptors (Lipinski definition) is 4. The Morgan fingerprint density at radius 2 is 1.95 bits per heavy atom. The van der Waals surface area contributed by atoms with Crippen molar-refractivity contribution in [2.24, 2.45) is 5.92 Å². The summed E-state index contributed by atoms with van der Waals surface area (Å²) >= 11 is 0. The van der Waals surface area contributed by atoms with Crippen molar-refractivity contribution >= 4 is 17.8 Å². The van der Waals surface area contributed by atoms with Gasteiger partial charge >= 0.3 is 5.97 Å². The van der Waals surface area contributed by atoms with Crippen LogP contribution in [-0.2, 0) is 19.1 Å². The summed E-state index contributed by atoms with van der Waals surface area (Å²) in [5.74, 6) is -0.805. The molecule has 0 aromatic heterocycles. The fraction of sp³-hybridized carbons (Fsp3) is 0.812.